The molecule has 3 nitrogen and oxygen atoms in total. The molecule has 1 atom stereocenters. The van der Waals surface area contributed by atoms with E-state index in [0.717, 1.165) is 17.1 Å². The van der Waals surface area contributed by atoms with E-state index in [-0.39, 0.29) is 5.04 Å². The SMILES string of the molecule is CCC[CH2][Sn](/[CH]=C/[C@H](O)Cc1ccc(O[Si](C)(C)C(C)(C)C)c(OC)c1)([CH2]CCC)[CH2]CCC. The number of aliphatic hydroxyl groups excluding tert-OH is 1. The third-order valence-electron chi connectivity index (χ3n) is 7.60. The molecule has 0 spiro atoms. The molecule has 1 N–H and O–H groups in total. The van der Waals surface area contributed by atoms with Crippen LogP contribution in [0.2, 0.25) is 31.4 Å². The van der Waals surface area contributed by atoms with Crippen LogP contribution in [0.1, 0.15) is 85.6 Å². The molecule has 1 rings (SSSR count). The van der Waals surface area contributed by atoms with Gasteiger partial charge < -0.3 is 0 Å². The van der Waals surface area contributed by atoms with Gasteiger partial charge in [-0.05, 0) is 0 Å². The molecule has 196 valence electrons. The fourth-order valence-electron chi connectivity index (χ4n) is 4.19. The fourth-order valence-corrected chi connectivity index (χ4v) is 19.6. The molecule has 0 radical (unpaired) electrons. The summed E-state index contributed by atoms with van der Waals surface area (Å²) in [5.74, 6) is 1.58. The second-order valence-electron chi connectivity index (χ2n) is 11.7. The molecule has 0 aliphatic heterocycles. The van der Waals surface area contributed by atoms with Crippen molar-refractivity contribution in [3.05, 3.63) is 33.9 Å². The third-order valence-corrected chi connectivity index (χ3v) is 26.1. The van der Waals surface area contributed by atoms with Crippen molar-refractivity contribution < 1.29 is 14.3 Å². The van der Waals surface area contributed by atoms with Crippen LogP contribution in [-0.2, 0) is 6.42 Å². The molecule has 1 aromatic carbocycles. The molecule has 0 fully saturated rings. The van der Waals surface area contributed by atoms with Crippen LogP contribution in [0.3, 0.4) is 0 Å². The molecular weight excluding hydrogens is 543 g/mol. The number of hydrogen-bond acceptors (Lipinski definition) is 3. The van der Waals surface area contributed by atoms with Crippen molar-refractivity contribution in [3.63, 3.8) is 0 Å². The van der Waals surface area contributed by atoms with Crippen LogP contribution in [0.5, 0.6) is 11.5 Å². The van der Waals surface area contributed by atoms with Gasteiger partial charge in [0.1, 0.15) is 0 Å². The van der Waals surface area contributed by atoms with Crippen molar-refractivity contribution in [1.29, 1.82) is 0 Å². The maximum absolute atomic E-state index is 10.9. The van der Waals surface area contributed by atoms with Crippen LogP contribution in [-0.4, -0.2) is 45.0 Å². The van der Waals surface area contributed by atoms with E-state index >= 15 is 0 Å². The minimum absolute atomic E-state index is 0.128. The Morgan fingerprint density at radius 1 is 0.941 bits per heavy atom. The zero-order valence-electron chi connectivity index (χ0n) is 23.8. The topological polar surface area (TPSA) is 38.7 Å². The molecule has 0 unspecified atom stereocenters. The first-order chi connectivity index (χ1) is 15.9. The van der Waals surface area contributed by atoms with E-state index in [1.54, 1.807) is 7.11 Å². The fraction of sp³-hybridized carbons (Fsp3) is 0.724. The van der Waals surface area contributed by atoms with Crippen LogP contribution in [0.4, 0.5) is 0 Å². The third kappa shape index (κ3) is 10.3. The molecule has 1 aromatic rings. The van der Waals surface area contributed by atoms with Crippen LogP contribution in [0.15, 0.2) is 28.4 Å². The molecule has 0 aliphatic rings. The van der Waals surface area contributed by atoms with Crippen molar-refractivity contribution in [3.8, 4) is 11.5 Å². The molecule has 0 heterocycles. The Hall–Kier alpha value is -0.464. The van der Waals surface area contributed by atoms with E-state index < -0.39 is 32.8 Å². The number of ether oxygens (including phenoxy) is 1. The van der Waals surface area contributed by atoms with Gasteiger partial charge in [0.15, 0.2) is 0 Å². The van der Waals surface area contributed by atoms with Gasteiger partial charge in [0.25, 0.3) is 0 Å². The van der Waals surface area contributed by atoms with E-state index in [1.165, 1.54) is 51.8 Å². The van der Waals surface area contributed by atoms with Gasteiger partial charge in [-0.15, -0.1) is 0 Å². The van der Waals surface area contributed by atoms with E-state index in [4.69, 9.17) is 9.16 Å². The molecule has 0 aliphatic carbocycles. The first-order valence-corrected chi connectivity index (χ1v) is 24.3. The summed E-state index contributed by atoms with van der Waals surface area (Å²) in [4.78, 5) is 0. The van der Waals surface area contributed by atoms with Crippen LogP contribution in [0, 0.1) is 0 Å². The number of unbranched alkanes of at least 4 members (excludes halogenated alkanes) is 3. The summed E-state index contributed by atoms with van der Waals surface area (Å²) in [5, 5.41) is 11.1. The number of benzene rings is 1. The second-order valence-corrected chi connectivity index (χ2v) is 29.4. The average Bonchev–Trinajstić information content (AvgIpc) is 2.78. The quantitative estimate of drug-likeness (QED) is 0.194. The molecular formula is C29H54O3SiSn. The van der Waals surface area contributed by atoms with E-state index in [1.807, 2.05) is 12.1 Å². The molecule has 5 heteroatoms. The number of rotatable bonds is 16. The molecule has 34 heavy (non-hydrogen) atoms. The Bertz CT molecular complexity index is 718. The minimum atomic E-state index is -2.37. The Kier molecular flexibility index (Phi) is 13.9. The molecule has 0 aromatic heterocycles. The first-order valence-electron chi connectivity index (χ1n) is 13.7. The van der Waals surface area contributed by atoms with E-state index in [0.29, 0.717) is 6.42 Å². The molecule has 0 amide bonds. The summed E-state index contributed by atoms with van der Waals surface area (Å²) in [5.41, 5.74) is 1.09. The Morgan fingerprint density at radius 3 is 1.91 bits per heavy atom. The summed E-state index contributed by atoms with van der Waals surface area (Å²) in [6, 6.07) is 6.16. The molecule has 0 saturated carbocycles. The Labute approximate surface area is 216 Å². The predicted octanol–water partition coefficient (Wildman–Crippen LogP) is 8.93. The van der Waals surface area contributed by atoms with Crippen molar-refractivity contribution >= 4 is 26.7 Å². The van der Waals surface area contributed by atoms with E-state index in [9.17, 15) is 5.11 Å². The average molecular weight is 598 g/mol. The van der Waals surface area contributed by atoms with Crippen molar-refractivity contribution in [2.24, 2.45) is 0 Å². The second kappa shape index (κ2) is 14.9. The molecule has 0 bridgehead atoms. The summed E-state index contributed by atoms with van der Waals surface area (Å²) >= 11 is -2.37. The normalized spacial score (nSPS) is 13.9. The van der Waals surface area contributed by atoms with Gasteiger partial charge in [-0.3, -0.25) is 0 Å². The van der Waals surface area contributed by atoms with Crippen LogP contribution in [0.25, 0.3) is 0 Å². The number of aliphatic hydroxyl groups is 1. The van der Waals surface area contributed by atoms with Gasteiger partial charge in [0.05, 0.1) is 0 Å². The van der Waals surface area contributed by atoms with Crippen LogP contribution < -0.4 is 9.16 Å². The van der Waals surface area contributed by atoms with Gasteiger partial charge in [-0.2, -0.15) is 0 Å². The Morgan fingerprint density at radius 2 is 1.47 bits per heavy atom. The van der Waals surface area contributed by atoms with Crippen molar-refractivity contribution in [1.82, 2.24) is 0 Å². The van der Waals surface area contributed by atoms with Crippen molar-refractivity contribution in [2.45, 2.75) is 124 Å². The zero-order valence-corrected chi connectivity index (χ0v) is 27.7. The zero-order chi connectivity index (χ0) is 25.8. The number of hydrogen-bond donors (Lipinski definition) is 1. The molecule has 0 saturated heterocycles. The Balaban J connectivity index is 3.02. The monoisotopic (exact) mass is 598 g/mol. The summed E-state index contributed by atoms with van der Waals surface area (Å²) in [7, 11) is -0.243. The standard InChI is InChI=1S/C17H27O3Si.3C4H9.Sn/c1-8-14(18)11-13-9-10-15(16(12-13)19-5)20-21(6,7)17(2,3)4;3*1-3-4-2;/h1,8-10,12,14,18H,11H2,2-7H3;3*1,3-4H2,2H3;/t14-;;;;/m0..../s1. The van der Waals surface area contributed by atoms with Gasteiger partial charge in [-0.25, -0.2) is 0 Å². The van der Waals surface area contributed by atoms with Gasteiger partial charge in [-0.1, -0.05) is 0 Å². The number of methoxy groups -OCH3 is 1. The predicted molar refractivity (Wildman–Crippen MR) is 155 cm³/mol. The maximum atomic E-state index is 10.9. The van der Waals surface area contributed by atoms with Gasteiger partial charge >= 0.3 is 218 Å². The summed E-state index contributed by atoms with van der Waals surface area (Å²) < 4.78 is 19.1. The van der Waals surface area contributed by atoms with Gasteiger partial charge in [0, 0.05) is 0 Å². The summed E-state index contributed by atoms with van der Waals surface area (Å²) in [6.45, 7) is 18.2. The summed E-state index contributed by atoms with van der Waals surface area (Å²) in [6.07, 6.45) is 10.2. The first kappa shape index (κ1) is 31.6. The van der Waals surface area contributed by atoms with E-state index in [2.05, 4.69) is 70.9 Å². The van der Waals surface area contributed by atoms with Crippen molar-refractivity contribution in [2.75, 3.05) is 7.11 Å². The van der Waals surface area contributed by atoms with Gasteiger partial charge in [0.2, 0.25) is 0 Å². The van der Waals surface area contributed by atoms with Crippen LogP contribution >= 0.6 is 0 Å².